The molecule has 0 aromatic carbocycles. The smallest absolute Gasteiger partial charge is 0.303 e. The number of ether oxygens (including phenoxy) is 1. The van der Waals surface area contributed by atoms with Gasteiger partial charge >= 0.3 is 5.97 Å². The van der Waals surface area contributed by atoms with Crippen LogP contribution in [0.3, 0.4) is 0 Å². The first-order chi connectivity index (χ1) is 11.6. The van der Waals surface area contributed by atoms with Crippen molar-refractivity contribution in [2.75, 3.05) is 7.11 Å². The number of methoxy groups -OCH3 is 1. The minimum absolute atomic E-state index is 0.142. The summed E-state index contributed by atoms with van der Waals surface area (Å²) in [5, 5.41) is 8.55. The third-order valence-electron chi connectivity index (χ3n) is 4.17. The van der Waals surface area contributed by atoms with Gasteiger partial charge in [-0.2, -0.15) is 0 Å². The normalized spacial score (nSPS) is 11.5. The van der Waals surface area contributed by atoms with E-state index in [9.17, 15) is 9.59 Å². The summed E-state index contributed by atoms with van der Waals surface area (Å²) in [6.45, 7) is 2.22. The molecule has 4 heteroatoms. The Balaban J connectivity index is 3.70. The van der Waals surface area contributed by atoms with Crippen LogP contribution in [0.4, 0.5) is 0 Å². The summed E-state index contributed by atoms with van der Waals surface area (Å²) in [7, 11) is 1.64. The third-order valence-corrected chi connectivity index (χ3v) is 4.17. The zero-order valence-electron chi connectivity index (χ0n) is 15.6. The van der Waals surface area contributed by atoms with Gasteiger partial charge in [0.2, 0.25) is 0 Å². The molecule has 1 N–H and O–H groups in total. The summed E-state index contributed by atoms with van der Waals surface area (Å²) in [4.78, 5) is 22.3. The van der Waals surface area contributed by atoms with E-state index in [1.54, 1.807) is 13.2 Å². The van der Waals surface area contributed by atoms with E-state index in [1.807, 2.05) is 0 Å². The van der Waals surface area contributed by atoms with Gasteiger partial charge in [0.05, 0.1) is 12.9 Å². The topological polar surface area (TPSA) is 63.6 Å². The molecule has 0 radical (unpaired) electrons. The molecular weight excluding hydrogens is 304 g/mol. The lowest BCUT2D eigenvalue weighted by Crippen LogP contribution is -1.98. The van der Waals surface area contributed by atoms with E-state index in [-0.39, 0.29) is 12.2 Å². The second-order valence-electron chi connectivity index (χ2n) is 6.46. The van der Waals surface area contributed by atoms with Crippen LogP contribution in [-0.2, 0) is 14.3 Å². The van der Waals surface area contributed by atoms with Crippen LogP contribution in [0.15, 0.2) is 11.8 Å². The maximum Gasteiger partial charge on any atom is 0.303 e. The highest BCUT2D eigenvalue weighted by atomic mass is 16.5. The van der Waals surface area contributed by atoms with Gasteiger partial charge in [0.15, 0.2) is 5.78 Å². The second kappa shape index (κ2) is 16.5. The standard InChI is InChI=1S/C20H36O4/c1-3-4-5-6-9-12-15-19(24-2)17-18(21)14-11-8-7-10-13-16-20(22)23/h17H,3-16H2,1-2H3,(H,22,23)/b19-17+. The molecule has 0 aliphatic carbocycles. The van der Waals surface area contributed by atoms with Crippen LogP contribution in [0.1, 0.15) is 96.8 Å². The van der Waals surface area contributed by atoms with Crippen molar-refractivity contribution in [3.8, 4) is 0 Å². The molecule has 0 saturated heterocycles. The van der Waals surface area contributed by atoms with Crippen molar-refractivity contribution in [1.82, 2.24) is 0 Å². The average molecular weight is 341 g/mol. The van der Waals surface area contributed by atoms with Gasteiger partial charge in [-0.05, 0) is 19.3 Å². The molecule has 0 bridgehead atoms. The van der Waals surface area contributed by atoms with E-state index in [0.717, 1.165) is 50.7 Å². The molecule has 0 heterocycles. The lowest BCUT2D eigenvalue weighted by Gasteiger charge is -2.06. The number of aliphatic carboxylic acids is 1. The number of carbonyl (C=O) groups excluding carboxylic acids is 1. The van der Waals surface area contributed by atoms with E-state index in [2.05, 4.69) is 6.92 Å². The number of hydrogen-bond donors (Lipinski definition) is 1. The van der Waals surface area contributed by atoms with Gasteiger partial charge < -0.3 is 9.84 Å². The highest BCUT2D eigenvalue weighted by Crippen LogP contribution is 2.14. The van der Waals surface area contributed by atoms with Crippen LogP contribution in [0.25, 0.3) is 0 Å². The molecular formula is C20H36O4. The zero-order valence-corrected chi connectivity index (χ0v) is 15.6. The quantitative estimate of drug-likeness (QED) is 0.211. The Kier molecular flexibility index (Phi) is 15.6. The maximum absolute atomic E-state index is 11.9. The Hall–Kier alpha value is -1.32. The van der Waals surface area contributed by atoms with Gasteiger partial charge in [0.1, 0.15) is 0 Å². The molecule has 0 unspecified atom stereocenters. The number of carboxylic acid groups (broad SMARTS) is 1. The lowest BCUT2D eigenvalue weighted by molar-refractivity contribution is -0.137. The highest BCUT2D eigenvalue weighted by Gasteiger charge is 2.03. The number of hydrogen-bond acceptors (Lipinski definition) is 3. The fourth-order valence-corrected chi connectivity index (χ4v) is 2.67. The number of carbonyl (C=O) groups is 2. The van der Waals surface area contributed by atoms with Gasteiger partial charge in [0.25, 0.3) is 0 Å². The maximum atomic E-state index is 11.9. The first kappa shape index (κ1) is 22.7. The van der Waals surface area contributed by atoms with Crippen molar-refractivity contribution in [3.05, 3.63) is 11.8 Å². The second-order valence-corrected chi connectivity index (χ2v) is 6.46. The Bertz CT molecular complexity index is 361. The number of allylic oxidation sites excluding steroid dienone is 2. The number of rotatable bonds is 17. The summed E-state index contributed by atoms with van der Waals surface area (Å²) < 4.78 is 5.32. The molecule has 24 heavy (non-hydrogen) atoms. The fraction of sp³-hybridized carbons (Fsp3) is 0.800. The van der Waals surface area contributed by atoms with E-state index in [0.29, 0.717) is 6.42 Å². The van der Waals surface area contributed by atoms with Crippen molar-refractivity contribution in [1.29, 1.82) is 0 Å². The molecule has 0 spiro atoms. The van der Waals surface area contributed by atoms with E-state index in [1.165, 1.54) is 32.1 Å². The molecule has 0 atom stereocenters. The van der Waals surface area contributed by atoms with Crippen molar-refractivity contribution >= 4 is 11.8 Å². The highest BCUT2D eigenvalue weighted by molar-refractivity contribution is 5.89. The van der Waals surface area contributed by atoms with Gasteiger partial charge in [-0.25, -0.2) is 0 Å². The van der Waals surface area contributed by atoms with Crippen molar-refractivity contribution in [3.63, 3.8) is 0 Å². The zero-order chi connectivity index (χ0) is 18.0. The summed E-state index contributed by atoms with van der Waals surface area (Å²) in [5.41, 5.74) is 0. The van der Waals surface area contributed by atoms with Gasteiger partial charge in [0, 0.05) is 25.3 Å². The van der Waals surface area contributed by atoms with Crippen LogP contribution in [0.5, 0.6) is 0 Å². The van der Waals surface area contributed by atoms with E-state index < -0.39 is 5.97 Å². The average Bonchev–Trinajstić information content (AvgIpc) is 2.55. The predicted octanol–water partition coefficient (Wildman–Crippen LogP) is 5.65. The SMILES string of the molecule is CCCCCCCC/C(=C\C(=O)CCCCCCCC(=O)O)OC. The molecule has 0 saturated carbocycles. The Labute approximate surface area is 147 Å². The van der Waals surface area contributed by atoms with Gasteiger partial charge in [-0.1, -0.05) is 58.3 Å². The first-order valence-electron chi connectivity index (χ1n) is 9.59. The van der Waals surface area contributed by atoms with E-state index >= 15 is 0 Å². The Morgan fingerprint density at radius 2 is 1.29 bits per heavy atom. The van der Waals surface area contributed by atoms with E-state index in [4.69, 9.17) is 9.84 Å². The van der Waals surface area contributed by atoms with Crippen LogP contribution in [0, 0.1) is 0 Å². The third kappa shape index (κ3) is 15.6. The summed E-state index contributed by atoms with van der Waals surface area (Å²) in [5.74, 6) is 0.216. The molecule has 140 valence electrons. The monoisotopic (exact) mass is 340 g/mol. The number of carboxylic acids is 1. The lowest BCUT2D eigenvalue weighted by atomic mass is 10.1. The van der Waals surface area contributed by atoms with Gasteiger partial charge in [-0.15, -0.1) is 0 Å². The van der Waals surface area contributed by atoms with Crippen LogP contribution < -0.4 is 0 Å². The predicted molar refractivity (Wildman–Crippen MR) is 98.0 cm³/mol. The van der Waals surface area contributed by atoms with Crippen LogP contribution in [0.2, 0.25) is 0 Å². The first-order valence-corrected chi connectivity index (χ1v) is 9.59. The van der Waals surface area contributed by atoms with Crippen molar-refractivity contribution < 1.29 is 19.4 Å². The summed E-state index contributed by atoms with van der Waals surface area (Å²) in [6.07, 6.45) is 15.3. The van der Waals surface area contributed by atoms with Crippen LogP contribution >= 0.6 is 0 Å². The number of unbranched alkanes of at least 4 members (excludes halogenated alkanes) is 9. The van der Waals surface area contributed by atoms with Crippen LogP contribution in [-0.4, -0.2) is 24.0 Å². The summed E-state index contributed by atoms with van der Waals surface area (Å²) >= 11 is 0. The molecule has 0 aliphatic rings. The Morgan fingerprint density at radius 1 is 0.792 bits per heavy atom. The molecule has 0 aliphatic heterocycles. The molecule has 0 rings (SSSR count). The number of ketones is 1. The molecule has 0 aromatic rings. The minimum Gasteiger partial charge on any atom is -0.501 e. The molecule has 4 nitrogen and oxygen atoms in total. The van der Waals surface area contributed by atoms with Crippen molar-refractivity contribution in [2.45, 2.75) is 96.8 Å². The largest absolute Gasteiger partial charge is 0.501 e. The fourth-order valence-electron chi connectivity index (χ4n) is 2.67. The summed E-state index contributed by atoms with van der Waals surface area (Å²) in [6, 6.07) is 0. The van der Waals surface area contributed by atoms with Gasteiger partial charge in [-0.3, -0.25) is 9.59 Å². The molecule has 0 aromatic heterocycles. The molecule has 0 fully saturated rings. The minimum atomic E-state index is -0.729. The molecule has 0 amide bonds. The Morgan fingerprint density at radius 3 is 1.83 bits per heavy atom. The van der Waals surface area contributed by atoms with Crippen molar-refractivity contribution in [2.24, 2.45) is 0 Å².